The predicted molar refractivity (Wildman–Crippen MR) is 118 cm³/mol. The molecule has 190 valence electrons. The van der Waals surface area contributed by atoms with Crippen molar-refractivity contribution in [2.75, 3.05) is 31.1 Å². The number of alkyl halides is 2. The zero-order valence-electron chi connectivity index (χ0n) is 18.2. The molecule has 0 unspecified atom stereocenters. The molecule has 4 rings (SSSR count). The van der Waals surface area contributed by atoms with Gasteiger partial charge in [0, 0.05) is 19.2 Å². The molecule has 1 aromatic heterocycles. The first-order valence-corrected chi connectivity index (χ1v) is 11.8. The number of anilines is 1. The van der Waals surface area contributed by atoms with Crippen LogP contribution in [0.2, 0.25) is 0 Å². The maximum atomic E-state index is 14.7. The molecule has 2 aromatic carbocycles. The van der Waals surface area contributed by atoms with Crippen molar-refractivity contribution in [2.24, 2.45) is 0 Å². The minimum absolute atomic E-state index is 0.0322. The number of hydrogen-bond donors (Lipinski definition) is 1. The highest BCUT2D eigenvalue weighted by Gasteiger charge is 2.33. The smallest absolute Gasteiger partial charge is 0.301 e. The lowest BCUT2D eigenvalue weighted by Gasteiger charge is -2.19. The molecule has 1 atom stereocenters. The standard InChI is InChI=1S/C21H17F4N5O5S/c22-4-6-34-30-11-27-17-2-1-13(7-14(17)21(30)31)35-20-15(9-26)18(8-16(24)19(20)25)28-36(32,33)29-5-3-12(23)10-29/h1-2,7-8,11-12,28H,3-6,10H2/t12-/m1/s1. The monoisotopic (exact) mass is 527 g/mol. The number of aromatic nitrogens is 2. The summed E-state index contributed by atoms with van der Waals surface area (Å²) in [5.41, 5.74) is -1.89. The van der Waals surface area contributed by atoms with Crippen LogP contribution in [0.25, 0.3) is 10.9 Å². The molecular weight excluding hydrogens is 510 g/mol. The lowest BCUT2D eigenvalue weighted by Crippen LogP contribution is -2.34. The summed E-state index contributed by atoms with van der Waals surface area (Å²) in [7, 11) is -4.39. The van der Waals surface area contributed by atoms with E-state index in [0.717, 1.165) is 16.7 Å². The highest BCUT2D eigenvalue weighted by Crippen LogP contribution is 2.36. The Morgan fingerprint density at radius 3 is 2.72 bits per heavy atom. The van der Waals surface area contributed by atoms with E-state index in [1.807, 2.05) is 4.72 Å². The Morgan fingerprint density at radius 2 is 2.06 bits per heavy atom. The fourth-order valence-corrected chi connectivity index (χ4v) is 4.76. The van der Waals surface area contributed by atoms with Crippen LogP contribution in [0.4, 0.5) is 23.2 Å². The number of ether oxygens (including phenoxy) is 1. The Kier molecular flexibility index (Phi) is 7.00. The zero-order valence-corrected chi connectivity index (χ0v) is 19.1. The van der Waals surface area contributed by atoms with E-state index in [1.54, 1.807) is 6.07 Å². The van der Waals surface area contributed by atoms with E-state index in [4.69, 9.17) is 9.57 Å². The van der Waals surface area contributed by atoms with Crippen molar-refractivity contribution >= 4 is 26.8 Å². The van der Waals surface area contributed by atoms with Crippen molar-refractivity contribution in [3.05, 3.63) is 58.1 Å². The average Bonchev–Trinajstić information content (AvgIpc) is 3.29. The van der Waals surface area contributed by atoms with Crippen molar-refractivity contribution in [1.29, 1.82) is 5.26 Å². The van der Waals surface area contributed by atoms with Crippen LogP contribution in [-0.2, 0) is 10.2 Å². The van der Waals surface area contributed by atoms with Gasteiger partial charge in [-0.05, 0) is 24.6 Å². The van der Waals surface area contributed by atoms with Gasteiger partial charge in [0.2, 0.25) is 5.82 Å². The van der Waals surface area contributed by atoms with Gasteiger partial charge in [-0.2, -0.15) is 22.4 Å². The lowest BCUT2D eigenvalue weighted by atomic mass is 10.1. The number of nitrogens with one attached hydrogen (secondary N) is 1. The molecule has 1 aliphatic heterocycles. The van der Waals surface area contributed by atoms with Crippen LogP contribution >= 0.6 is 0 Å². The SMILES string of the molecule is N#Cc1c(NS(=O)(=O)N2CC[C@@H](F)C2)cc(F)c(F)c1Oc1ccc2ncn(OCCF)c(=O)c2c1. The summed E-state index contributed by atoms with van der Waals surface area (Å²) >= 11 is 0. The second kappa shape index (κ2) is 9.99. The summed E-state index contributed by atoms with van der Waals surface area (Å²) in [6.07, 6.45) is -0.379. The molecule has 1 N–H and O–H groups in total. The molecule has 3 aromatic rings. The molecule has 0 saturated carbocycles. The Bertz CT molecular complexity index is 1530. The third-order valence-corrected chi connectivity index (χ3v) is 6.68. The van der Waals surface area contributed by atoms with Gasteiger partial charge < -0.3 is 9.57 Å². The zero-order chi connectivity index (χ0) is 26.0. The Morgan fingerprint density at radius 1 is 1.28 bits per heavy atom. The van der Waals surface area contributed by atoms with Crippen molar-refractivity contribution in [1.82, 2.24) is 14.0 Å². The lowest BCUT2D eigenvalue weighted by molar-refractivity contribution is 0.0889. The number of rotatable bonds is 8. The Labute approximate surface area is 201 Å². The van der Waals surface area contributed by atoms with Crippen LogP contribution in [0, 0.1) is 23.0 Å². The highest BCUT2D eigenvalue weighted by molar-refractivity contribution is 7.90. The van der Waals surface area contributed by atoms with Gasteiger partial charge in [0.1, 0.15) is 43.2 Å². The van der Waals surface area contributed by atoms with Crippen molar-refractivity contribution in [3.8, 4) is 17.6 Å². The molecule has 1 aliphatic rings. The van der Waals surface area contributed by atoms with Crippen molar-refractivity contribution < 1.29 is 35.6 Å². The third-order valence-electron chi connectivity index (χ3n) is 5.19. The molecule has 0 bridgehead atoms. The molecule has 15 heteroatoms. The molecule has 0 aliphatic carbocycles. The maximum Gasteiger partial charge on any atom is 0.301 e. The summed E-state index contributed by atoms with van der Waals surface area (Å²) in [6, 6.07) is 5.72. The summed E-state index contributed by atoms with van der Waals surface area (Å²) < 4.78 is 88.8. The van der Waals surface area contributed by atoms with E-state index in [9.17, 15) is 36.0 Å². The number of nitriles is 1. The van der Waals surface area contributed by atoms with E-state index < -0.39 is 70.4 Å². The molecule has 0 radical (unpaired) electrons. The second-order valence-corrected chi connectivity index (χ2v) is 9.24. The van der Waals surface area contributed by atoms with Gasteiger partial charge in [0.15, 0.2) is 11.6 Å². The predicted octanol–water partition coefficient (Wildman–Crippen LogP) is 2.44. The minimum atomic E-state index is -4.39. The molecule has 2 heterocycles. The number of halogens is 4. The quantitative estimate of drug-likeness (QED) is 0.446. The van der Waals surface area contributed by atoms with Crippen LogP contribution in [0.3, 0.4) is 0 Å². The van der Waals surface area contributed by atoms with E-state index >= 15 is 0 Å². The largest absolute Gasteiger partial charge is 0.453 e. The van der Waals surface area contributed by atoms with E-state index in [1.165, 1.54) is 12.1 Å². The van der Waals surface area contributed by atoms with Gasteiger partial charge >= 0.3 is 10.2 Å². The fraction of sp³-hybridized carbons (Fsp3) is 0.286. The van der Waals surface area contributed by atoms with Gasteiger partial charge in [0.25, 0.3) is 5.56 Å². The molecule has 10 nitrogen and oxygen atoms in total. The Hall–Kier alpha value is -3.90. The van der Waals surface area contributed by atoms with Crippen LogP contribution in [0.15, 0.2) is 35.4 Å². The summed E-state index contributed by atoms with van der Waals surface area (Å²) in [4.78, 5) is 21.5. The molecule has 1 fully saturated rings. The first kappa shape index (κ1) is 25.2. The number of benzene rings is 2. The summed E-state index contributed by atoms with van der Waals surface area (Å²) in [5, 5.41) is 9.51. The van der Waals surface area contributed by atoms with Crippen LogP contribution in [-0.4, -0.2) is 55.0 Å². The van der Waals surface area contributed by atoms with Crippen molar-refractivity contribution in [3.63, 3.8) is 0 Å². The maximum absolute atomic E-state index is 14.7. The van der Waals surface area contributed by atoms with Crippen LogP contribution < -0.4 is 19.9 Å². The fourth-order valence-electron chi connectivity index (χ4n) is 3.49. The van der Waals surface area contributed by atoms with Gasteiger partial charge in [0.05, 0.1) is 16.6 Å². The van der Waals surface area contributed by atoms with E-state index in [-0.39, 0.29) is 29.6 Å². The topological polar surface area (TPSA) is 127 Å². The third kappa shape index (κ3) is 4.90. The van der Waals surface area contributed by atoms with Crippen LogP contribution in [0.5, 0.6) is 11.5 Å². The van der Waals surface area contributed by atoms with Gasteiger partial charge in [-0.1, -0.05) is 0 Å². The minimum Gasteiger partial charge on any atom is -0.453 e. The first-order valence-electron chi connectivity index (χ1n) is 10.4. The van der Waals surface area contributed by atoms with Gasteiger partial charge in [-0.3, -0.25) is 9.52 Å². The van der Waals surface area contributed by atoms with Gasteiger partial charge in [-0.25, -0.2) is 18.2 Å². The molecule has 0 amide bonds. The second-order valence-electron chi connectivity index (χ2n) is 7.57. The number of fused-ring (bicyclic) bond motifs is 1. The van der Waals surface area contributed by atoms with Gasteiger partial charge in [-0.15, -0.1) is 4.73 Å². The first-order chi connectivity index (χ1) is 17.1. The Balaban J connectivity index is 1.72. The highest BCUT2D eigenvalue weighted by atomic mass is 32.2. The molecule has 36 heavy (non-hydrogen) atoms. The molecule has 1 saturated heterocycles. The number of nitrogens with zero attached hydrogens (tertiary/aromatic N) is 4. The molecule has 0 spiro atoms. The summed E-state index contributed by atoms with van der Waals surface area (Å²) in [6.45, 7) is -1.84. The number of hydrogen-bond acceptors (Lipinski definition) is 7. The van der Waals surface area contributed by atoms with E-state index in [2.05, 4.69) is 4.98 Å². The van der Waals surface area contributed by atoms with E-state index in [0.29, 0.717) is 10.8 Å². The average molecular weight is 527 g/mol. The van der Waals surface area contributed by atoms with Crippen LogP contribution in [0.1, 0.15) is 12.0 Å². The van der Waals surface area contributed by atoms with Crippen molar-refractivity contribution in [2.45, 2.75) is 12.6 Å². The molecular formula is C21H17F4N5O5S. The summed E-state index contributed by atoms with van der Waals surface area (Å²) in [5.74, 6) is -4.29. The normalized spacial score (nSPS) is 16.1.